The minimum absolute atomic E-state index is 0.102. The SMILES string of the molecule is C=C1C2CC2C2(C)CC3OC(=O)C(C)=C3CC12O. The molecule has 3 nitrogen and oxygen atoms in total. The monoisotopic (exact) mass is 246 g/mol. The zero-order chi connectivity index (χ0) is 12.9. The van der Waals surface area contributed by atoms with Crippen molar-refractivity contribution < 1.29 is 14.6 Å². The summed E-state index contributed by atoms with van der Waals surface area (Å²) in [5.41, 5.74) is 1.72. The zero-order valence-corrected chi connectivity index (χ0v) is 10.8. The molecule has 0 radical (unpaired) electrons. The molecule has 1 N–H and O–H groups in total. The Morgan fingerprint density at radius 1 is 1.50 bits per heavy atom. The van der Waals surface area contributed by atoms with Crippen molar-refractivity contribution in [2.45, 2.75) is 44.8 Å². The average Bonchev–Trinajstić information content (AvgIpc) is 3.03. The lowest BCUT2D eigenvalue weighted by Crippen LogP contribution is -2.52. The maximum atomic E-state index is 11.7. The zero-order valence-electron chi connectivity index (χ0n) is 10.8. The summed E-state index contributed by atoms with van der Waals surface area (Å²) in [6.07, 6.45) is 2.34. The lowest BCUT2D eigenvalue weighted by atomic mass is 9.60. The quantitative estimate of drug-likeness (QED) is 0.525. The van der Waals surface area contributed by atoms with Crippen molar-refractivity contribution in [1.82, 2.24) is 0 Å². The third-order valence-electron chi connectivity index (χ3n) is 6.01. The van der Waals surface area contributed by atoms with E-state index in [0.29, 0.717) is 23.8 Å². The number of carbonyl (C=O) groups is 1. The molecule has 0 aromatic rings. The van der Waals surface area contributed by atoms with Crippen molar-refractivity contribution in [2.24, 2.45) is 17.3 Å². The van der Waals surface area contributed by atoms with Crippen LogP contribution in [-0.2, 0) is 9.53 Å². The summed E-state index contributed by atoms with van der Waals surface area (Å²) in [5.74, 6) is 0.826. The summed E-state index contributed by atoms with van der Waals surface area (Å²) in [5, 5.41) is 11.1. The van der Waals surface area contributed by atoms with Gasteiger partial charge in [-0.25, -0.2) is 4.79 Å². The van der Waals surface area contributed by atoms with Gasteiger partial charge in [-0.3, -0.25) is 0 Å². The van der Waals surface area contributed by atoms with E-state index < -0.39 is 5.60 Å². The van der Waals surface area contributed by atoms with Crippen molar-refractivity contribution >= 4 is 5.97 Å². The first kappa shape index (κ1) is 10.8. The van der Waals surface area contributed by atoms with Crippen LogP contribution in [0.15, 0.2) is 23.3 Å². The lowest BCUT2D eigenvalue weighted by molar-refractivity contribution is -0.145. The summed E-state index contributed by atoms with van der Waals surface area (Å²) in [6.45, 7) is 8.09. The Hall–Kier alpha value is -1.09. The van der Waals surface area contributed by atoms with E-state index in [2.05, 4.69) is 13.5 Å². The van der Waals surface area contributed by atoms with Gasteiger partial charge in [0.15, 0.2) is 0 Å². The minimum atomic E-state index is -0.818. The molecule has 4 rings (SSSR count). The van der Waals surface area contributed by atoms with Crippen LogP contribution in [0.25, 0.3) is 0 Å². The lowest BCUT2D eigenvalue weighted by Gasteiger charge is -2.48. The van der Waals surface area contributed by atoms with Crippen LogP contribution in [0.2, 0.25) is 0 Å². The third-order valence-corrected chi connectivity index (χ3v) is 6.01. The molecule has 1 aliphatic heterocycles. The van der Waals surface area contributed by atoms with E-state index >= 15 is 0 Å². The Morgan fingerprint density at radius 2 is 2.22 bits per heavy atom. The molecule has 5 unspecified atom stereocenters. The number of hydrogen-bond acceptors (Lipinski definition) is 3. The Morgan fingerprint density at radius 3 is 2.94 bits per heavy atom. The molecular weight excluding hydrogens is 228 g/mol. The Kier molecular flexibility index (Phi) is 1.65. The summed E-state index contributed by atoms with van der Waals surface area (Å²) in [7, 11) is 0. The van der Waals surface area contributed by atoms with Gasteiger partial charge >= 0.3 is 5.97 Å². The maximum absolute atomic E-state index is 11.7. The van der Waals surface area contributed by atoms with Crippen LogP contribution in [-0.4, -0.2) is 22.8 Å². The van der Waals surface area contributed by atoms with Gasteiger partial charge in [-0.15, -0.1) is 0 Å². The number of hydrogen-bond donors (Lipinski definition) is 1. The van der Waals surface area contributed by atoms with Crippen LogP contribution in [0.1, 0.15) is 33.1 Å². The van der Waals surface area contributed by atoms with E-state index in [0.717, 1.165) is 24.0 Å². The minimum Gasteiger partial charge on any atom is -0.454 e. The molecule has 3 fully saturated rings. The van der Waals surface area contributed by atoms with Crippen LogP contribution in [0.5, 0.6) is 0 Å². The van der Waals surface area contributed by atoms with Gasteiger partial charge in [0, 0.05) is 17.4 Å². The van der Waals surface area contributed by atoms with Gasteiger partial charge < -0.3 is 9.84 Å². The van der Waals surface area contributed by atoms with Crippen LogP contribution in [0.3, 0.4) is 0 Å². The molecule has 1 heterocycles. The number of esters is 1. The average molecular weight is 246 g/mol. The third kappa shape index (κ3) is 0.923. The van der Waals surface area contributed by atoms with Crippen LogP contribution < -0.4 is 0 Å². The molecule has 0 aromatic carbocycles. The fourth-order valence-corrected chi connectivity index (χ4v) is 4.63. The molecule has 0 amide bonds. The Balaban J connectivity index is 1.83. The molecule has 3 heteroatoms. The van der Waals surface area contributed by atoms with Gasteiger partial charge in [-0.2, -0.15) is 0 Å². The predicted molar refractivity (Wildman–Crippen MR) is 65.6 cm³/mol. The summed E-state index contributed by atoms with van der Waals surface area (Å²) < 4.78 is 5.44. The van der Waals surface area contributed by atoms with Crippen LogP contribution in [0.4, 0.5) is 0 Å². The van der Waals surface area contributed by atoms with Crippen LogP contribution in [0, 0.1) is 17.3 Å². The molecule has 96 valence electrons. The molecule has 3 aliphatic carbocycles. The van der Waals surface area contributed by atoms with Gasteiger partial charge in [0.1, 0.15) is 6.10 Å². The van der Waals surface area contributed by atoms with Gasteiger partial charge in [0.25, 0.3) is 0 Å². The first-order valence-corrected chi connectivity index (χ1v) is 6.71. The highest BCUT2D eigenvalue weighted by Gasteiger charge is 2.72. The van der Waals surface area contributed by atoms with Gasteiger partial charge in [-0.05, 0) is 42.7 Å². The fourth-order valence-electron chi connectivity index (χ4n) is 4.63. The second-order valence-corrected chi connectivity index (χ2v) is 6.68. The van der Waals surface area contributed by atoms with Crippen molar-refractivity contribution in [3.8, 4) is 0 Å². The number of rotatable bonds is 0. The summed E-state index contributed by atoms with van der Waals surface area (Å²) in [6, 6.07) is 0. The van der Waals surface area contributed by atoms with E-state index in [-0.39, 0.29) is 17.5 Å². The number of fused-ring (bicyclic) bond motifs is 4. The van der Waals surface area contributed by atoms with Crippen molar-refractivity contribution in [2.75, 3.05) is 0 Å². The molecule has 18 heavy (non-hydrogen) atoms. The largest absolute Gasteiger partial charge is 0.454 e. The fraction of sp³-hybridized carbons (Fsp3) is 0.667. The van der Waals surface area contributed by atoms with Gasteiger partial charge in [0.05, 0.1) is 5.60 Å². The van der Waals surface area contributed by atoms with E-state index in [1.807, 2.05) is 6.92 Å². The van der Waals surface area contributed by atoms with Gasteiger partial charge in [-0.1, -0.05) is 13.5 Å². The highest BCUT2D eigenvalue weighted by atomic mass is 16.5. The van der Waals surface area contributed by atoms with Crippen LogP contribution >= 0.6 is 0 Å². The summed E-state index contributed by atoms with van der Waals surface area (Å²) >= 11 is 0. The number of ether oxygens (including phenoxy) is 1. The highest BCUT2D eigenvalue weighted by Crippen LogP contribution is 2.73. The van der Waals surface area contributed by atoms with Crippen molar-refractivity contribution in [3.05, 3.63) is 23.3 Å². The molecule has 5 atom stereocenters. The molecule has 0 aromatic heterocycles. The first-order valence-electron chi connectivity index (χ1n) is 6.71. The molecular formula is C15H18O3. The second-order valence-electron chi connectivity index (χ2n) is 6.68. The van der Waals surface area contributed by atoms with Crippen molar-refractivity contribution in [1.29, 1.82) is 0 Å². The standard InChI is InChI=1S/C15H18O3/c1-7-10-5-15(17)8(2)9-4-11(9)14(15,3)6-12(10)18-13(7)16/h9,11-12,17H,2,4-6H2,1,3H3. The van der Waals surface area contributed by atoms with Gasteiger partial charge in [0.2, 0.25) is 0 Å². The molecule has 3 saturated carbocycles. The molecule has 0 bridgehead atoms. The smallest absolute Gasteiger partial charge is 0.334 e. The molecule has 0 spiro atoms. The van der Waals surface area contributed by atoms with E-state index in [1.54, 1.807) is 0 Å². The topological polar surface area (TPSA) is 46.5 Å². The van der Waals surface area contributed by atoms with E-state index in [4.69, 9.17) is 4.74 Å². The predicted octanol–water partition coefficient (Wildman–Crippen LogP) is 1.97. The second kappa shape index (κ2) is 2.74. The Labute approximate surface area is 107 Å². The molecule has 0 saturated heterocycles. The summed E-state index contributed by atoms with van der Waals surface area (Å²) in [4.78, 5) is 11.7. The molecule has 4 aliphatic rings. The maximum Gasteiger partial charge on any atom is 0.334 e. The number of aliphatic hydroxyl groups is 1. The van der Waals surface area contributed by atoms with E-state index in [1.165, 1.54) is 0 Å². The van der Waals surface area contributed by atoms with E-state index in [9.17, 15) is 9.90 Å². The normalized spacial score (nSPS) is 52.9. The Bertz CT molecular complexity index is 532. The number of carbonyl (C=O) groups excluding carboxylic acids is 1. The van der Waals surface area contributed by atoms with Crippen molar-refractivity contribution in [3.63, 3.8) is 0 Å². The first-order chi connectivity index (χ1) is 8.38. The highest BCUT2D eigenvalue weighted by molar-refractivity contribution is 5.92.